The van der Waals surface area contributed by atoms with Crippen molar-refractivity contribution in [1.29, 1.82) is 0 Å². The first kappa shape index (κ1) is 28.3. The number of rotatable bonds is 5. The number of carbonyl (C=O) groups excluding carboxylic acids is 2. The molecule has 206 valence electrons. The van der Waals surface area contributed by atoms with E-state index in [1.54, 1.807) is 12.1 Å². The van der Waals surface area contributed by atoms with Crippen LogP contribution in [0.5, 0.6) is 0 Å². The summed E-state index contributed by atoms with van der Waals surface area (Å²) < 4.78 is 0. The van der Waals surface area contributed by atoms with Gasteiger partial charge >= 0.3 is 0 Å². The van der Waals surface area contributed by atoms with Crippen molar-refractivity contribution in [2.75, 3.05) is 43.4 Å². The fourth-order valence-corrected chi connectivity index (χ4v) is 5.61. The number of halogens is 2. The van der Waals surface area contributed by atoms with Gasteiger partial charge in [-0.05, 0) is 52.2 Å². The van der Waals surface area contributed by atoms with Crippen molar-refractivity contribution in [2.45, 2.75) is 64.6 Å². The largest absolute Gasteiger partial charge is 0.383 e. The van der Waals surface area contributed by atoms with Gasteiger partial charge in [-0.1, -0.05) is 30.1 Å². The smallest absolute Gasteiger partial charge is 0.271 e. The number of nitrogens with zero attached hydrogens (tertiary/aromatic N) is 6. The number of piperazine rings is 1. The van der Waals surface area contributed by atoms with Crippen LogP contribution >= 0.6 is 23.2 Å². The minimum Gasteiger partial charge on any atom is -0.383 e. The predicted molar refractivity (Wildman–Crippen MR) is 150 cm³/mol. The lowest BCUT2D eigenvalue weighted by Gasteiger charge is -2.47. The number of likely N-dealkylation sites (tertiary alicyclic amines) is 1. The number of anilines is 2. The third-order valence-corrected chi connectivity index (χ3v) is 7.54. The molecule has 38 heavy (non-hydrogen) atoms. The Labute approximate surface area is 233 Å². The predicted octanol–water partition coefficient (Wildman–Crippen LogP) is 3.49. The molecule has 2 saturated heterocycles. The first-order chi connectivity index (χ1) is 18.0. The molecule has 0 aliphatic carbocycles. The van der Waals surface area contributed by atoms with Crippen molar-refractivity contribution in [3.63, 3.8) is 0 Å². The van der Waals surface area contributed by atoms with Gasteiger partial charge in [-0.15, -0.1) is 0 Å². The van der Waals surface area contributed by atoms with Gasteiger partial charge in [0.2, 0.25) is 0 Å². The number of carbonyl (C=O) groups is 2. The molecule has 4 heterocycles. The summed E-state index contributed by atoms with van der Waals surface area (Å²) in [6.45, 7) is 11.6. The van der Waals surface area contributed by atoms with Crippen molar-refractivity contribution in [2.24, 2.45) is 0 Å². The molecule has 2 aromatic rings. The van der Waals surface area contributed by atoms with Gasteiger partial charge in [0.15, 0.2) is 11.0 Å². The molecule has 2 aliphatic heterocycles. The Balaban J connectivity index is 1.36. The monoisotopic (exact) mass is 562 g/mol. The third kappa shape index (κ3) is 6.47. The number of nitrogens with two attached hydrogens (primary N) is 1. The average Bonchev–Trinajstić information content (AvgIpc) is 2.87. The summed E-state index contributed by atoms with van der Waals surface area (Å²) in [5, 5.41) is 3.39. The van der Waals surface area contributed by atoms with Crippen LogP contribution in [-0.4, -0.2) is 86.9 Å². The molecule has 2 amide bonds. The van der Waals surface area contributed by atoms with Crippen LogP contribution in [-0.2, 0) is 0 Å². The third-order valence-electron chi connectivity index (χ3n) is 7.07. The highest BCUT2D eigenvalue weighted by atomic mass is 35.5. The molecule has 0 radical (unpaired) electrons. The second-order valence-corrected chi connectivity index (χ2v) is 11.7. The highest BCUT2D eigenvalue weighted by Gasteiger charge is 2.35. The van der Waals surface area contributed by atoms with Crippen molar-refractivity contribution in [3.8, 4) is 0 Å². The van der Waals surface area contributed by atoms with Crippen molar-refractivity contribution in [3.05, 3.63) is 39.9 Å². The summed E-state index contributed by atoms with van der Waals surface area (Å²) >= 11 is 12.4. The van der Waals surface area contributed by atoms with E-state index >= 15 is 0 Å². The maximum atomic E-state index is 13.0. The summed E-state index contributed by atoms with van der Waals surface area (Å²) in [6, 6.07) is 3.93. The number of nitrogen functional groups attached to an aromatic ring is 1. The van der Waals surface area contributed by atoms with Crippen LogP contribution in [0.15, 0.2) is 18.3 Å². The molecule has 2 aromatic heterocycles. The van der Waals surface area contributed by atoms with E-state index in [9.17, 15) is 9.59 Å². The van der Waals surface area contributed by atoms with Crippen LogP contribution in [0.25, 0.3) is 0 Å². The number of nitrogens with one attached hydrogen (secondary N) is 1. The molecule has 10 nitrogen and oxygen atoms in total. The summed E-state index contributed by atoms with van der Waals surface area (Å²) in [6.07, 6.45) is 4.24. The van der Waals surface area contributed by atoms with Gasteiger partial charge < -0.3 is 20.9 Å². The molecule has 0 bridgehead atoms. The molecular formula is C26H36Cl2N8O2. The van der Waals surface area contributed by atoms with Crippen molar-refractivity contribution < 1.29 is 9.59 Å². The van der Waals surface area contributed by atoms with Crippen molar-refractivity contribution in [1.82, 2.24) is 30.1 Å². The minimum atomic E-state index is -0.377. The molecule has 1 atom stereocenters. The van der Waals surface area contributed by atoms with Gasteiger partial charge in [0.25, 0.3) is 11.8 Å². The standard InChI is InChI=1S/C26H36Cl2N8O2/c1-5-16-15-35(23-21(28)31-19(14-30-23)24(37)33-26(2,3)4)12-13-36(16)17-8-10-34(11-9-17)25(38)18-6-7-20(27)32-22(18)29/h6-7,14,16-17H,5,8-13,15H2,1-4H3,(H2,29,32)(H,33,37)/t16-/m0/s1. The lowest BCUT2D eigenvalue weighted by Crippen LogP contribution is -2.58. The number of aromatic nitrogens is 3. The molecule has 2 aliphatic rings. The maximum Gasteiger partial charge on any atom is 0.271 e. The average molecular weight is 564 g/mol. The molecule has 4 rings (SSSR count). The first-order valence-electron chi connectivity index (χ1n) is 13.0. The molecule has 12 heteroatoms. The van der Waals surface area contributed by atoms with Crippen LogP contribution in [0.3, 0.4) is 0 Å². The van der Waals surface area contributed by atoms with Gasteiger partial charge in [0.05, 0.1) is 11.8 Å². The van der Waals surface area contributed by atoms with E-state index in [0.29, 0.717) is 36.6 Å². The van der Waals surface area contributed by atoms with E-state index in [4.69, 9.17) is 28.9 Å². The summed E-state index contributed by atoms with van der Waals surface area (Å²) in [5.74, 6) is 0.368. The van der Waals surface area contributed by atoms with E-state index < -0.39 is 0 Å². The zero-order chi connectivity index (χ0) is 27.6. The molecule has 3 N–H and O–H groups in total. The number of pyridine rings is 1. The number of hydrogen-bond donors (Lipinski definition) is 2. The van der Waals surface area contributed by atoms with Gasteiger partial charge in [0.1, 0.15) is 16.7 Å². The van der Waals surface area contributed by atoms with Crippen LogP contribution in [0.4, 0.5) is 11.6 Å². The quantitative estimate of drug-likeness (QED) is 0.531. The van der Waals surface area contributed by atoms with Crippen LogP contribution in [0.1, 0.15) is 67.8 Å². The molecule has 0 unspecified atom stereocenters. The Bertz CT molecular complexity index is 1180. The van der Waals surface area contributed by atoms with E-state index in [0.717, 1.165) is 38.9 Å². The fourth-order valence-electron chi connectivity index (χ4n) is 5.19. The normalized spacial score (nSPS) is 19.5. The Morgan fingerprint density at radius 2 is 1.82 bits per heavy atom. The maximum absolute atomic E-state index is 13.0. The van der Waals surface area contributed by atoms with E-state index in [1.807, 2.05) is 25.7 Å². The van der Waals surface area contributed by atoms with Gasteiger partial charge in [-0.25, -0.2) is 15.0 Å². The Hall–Kier alpha value is -2.69. The Morgan fingerprint density at radius 3 is 2.42 bits per heavy atom. The number of piperidine rings is 1. The first-order valence-corrected chi connectivity index (χ1v) is 13.8. The Morgan fingerprint density at radius 1 is 1.11 bits per heavy atom. The second-order valence-electron chi connectivity index (χ2n) is 10.9. The fraction of sp³-hybridized carbons (Fsp3) is 0.577. The Kier molecular flexibility index (Phi) is 8.64. The van der Waals surface area contributed by atoms with Crippen LogP contribution in [0.2, 0.25) is 10.3 Å². The highest BCUT2D eigenvalue weighted by molar-refractivity contribution is 6.32. The number of hydrogen-bond acceptors (Lipinski definition) is 8. The van der Waals surface area contributed by atoms with Gasteiger partial charge in [-0.2, -0.15) is 0 Å². The zero-order valence-electron chi connectivity index (χ0n) is 22.4. The molecular weight excluding hydrogens is 527 g/mol. The summed E-state index contributed by atoms with van der Waals surface area (Å²) in [4.78, 5) is 44.9. The lowest BCUT2D eigenvalue weighted by molar-refractivity contribution is 0.0491. The van der Waals surface area contributed by atoms with E-state index in [2.05, 4.69) is 37.0 Å². The van der Waals surface area contributed by atoms with Crippen LogP contribution < -0.4 is 16.0 Å². The minimum absolute atomic E-state index is 0.102. The molecule has 2 fully saturated rings. The van der Waals surface area contributed by atoms with Gasteiger partial charge in [-0.3, -0.25) is 14.5 Å². The van der Waals surface area contributed by atoms with E-state index in [-0.39, 0.29) is 39.2 Å². The summed E-state index contributed by atoms with van der Waals surface area (Å²) in [7, 11) is 0. The molecule has 0 saturated carbocycles. The SMILES string of the molecule is CC[C@H]1CN(c2ncc(C(=O)NC(C)(C)C)nc2Cl)CCN1C1CCN(C(=O)c2ccc(Cl)nc2N)CC1. The van der Waals surface area contributed by atoms with Crippen molar-refractivity contribution >= 4 is 46.7 Å². The topological polar surface area (TPSA) is 121 Å². The second kappa shape index (κ2) is 11.6. The van der Waals surface area contributed by atoms with Gasteiger partial charge in [0, 0.05) is 50.3 Å². The lowest BCUT2D eigenvalue weighted by atomic mass is 9.97. The highest BCUT2D eigenvalue weighted by Crippen LogP contribution is 2.29. The zero-order valence-corrected chi connectivity index (χ0v) is 23.9. The van der Waals surface area contributed by atoms with Crippen LogP contribution in [0, 0.1) is 0 Å². The summed E-state index contributed by atoms with van der Waals surface area (Å²) in [5.41, 5.74) is 6.16. The van der Waals surface area contributed by atoms with E-state index in [1.165, 1.54) is 6.20 Å². The number of amides is 2. The molecule has 0 aromatic carbocycles. The molecule has 0 spiro atoms.